The minimum Gasteiger partial charge on any atom is -0.491 e. The van der Waals surface area contributed by atoms with Crippen LogP contribution in [0.2, 0.25) is 0 Å². The molecule has 6 heteroatoms. The number of benzene rings is 1. The number of carbonyl (C=O) groups is 1. The van der Waals surface area contributed by atoms with Gasteiger partial charge in [0.25, 0.3) is 5.91 Å². The zero-order chi connectivity index (χ0) is 17.2. The van der Waals surface area contributed by atoms with E-state index in [0.29, 0.717) is 25.5 Å². The van der Waals surface area contributed by atoms with Crippen LogP contribution in [0.3, 0.4) is 0 Å². The van der Waals surface area contributed by atoms with Crippen molar-refractivity contribution in [3.05, 3.63) is 48.0 Å². The van der Waals surface area contributed by atoms with Gasteiger partial charge in [0.15, 0.2) is 5.82 Å². The second-order valence-electron chi connectivity index (χ2n) is 6.33. The van der Waals surface area contributed by atoms with Gasteiger partial charge in [-0.3, -0.25) is 4.79 Å². The van der Waals surface area contributed by atoms with Crippen molar-refractivity contribution in [3.63, 3.8) is 0 Å². The molecule has 0 bridgehead atoms. The Morgan fingerprint density at radius 3 is 2.71 bits per heavy atom. The Morgan fingerprint density at radius 2 is 2.08 bits per heavy atom. The summed E-state index contributed by atoms with van der Waals surface area (Å²) >= 11 is 0. The third kappa shape index (κ3) is 3.28. The van der Waals surface area contributed by atoms with Crippen molar-refractivity contribution < 1.29 is 14.3 Å². The summed E-state index contributed by atoms with van der Waals surface area (Å²) in [5, 5.41) is 0. The average Bonchev–Trinajstić information content (AvgIpc) is 3.21. The molecule has 1 fully saturated rings. The summed E-state index contributed by atoms with van der Waals surface area (Å²) < 4.78 is 13.4. The molecule has 0 saturated carbocycles. The molecule has 6 nitrogen and oxygen atoms in total. The highest BCUT2D eigenvalue weighted by Gasteiger charge is 2.42. The Kier molecular flexibility index (Phi) is 4.57. The van der Waals surface area contributed by atoms with Crippen molar-refractivity contribution in [1.29, 1.82) is 0 Å². The second-order valence-corrected chi connectivity index (χ2v) is 6.33. The zero-order valence-electron chi connectivity index (χ0n) is 14.4. The normalized spacial score (nSPS) is 20.4. The Labute approximate surface area is 142 Å². The molecular formula is C18H23N3O3. The number of aromatic nitrogens is 2. The van der Waals surface area contributed by atoms with E-state index < -0.39 is 5.60 Å². The largest absolute Gasteiger partial charge is 0.491 e. The average molecular weight is 329 g/mol. The lowest BCUT2D eigenvalue weighted by atomic mass is 10.0. The maximum Gasteiger partial charge on any atom is 0.289 e. The van der Waals surface area contributed by atoms with Crippen LogP contribution >= 0.6 is 0 Å². The number of amides is 1. The van der Waals surface area contributed by atoms with E-state index in [1.807, 2.05) is 38.2 Å². The van der Waals surface area contributed by atoms with Gasteiger partial charge in [0.1, 0.15) is 18.0 Å². The van der Waals surface area contributed by atoms with E-state index in [4.69, 9.17) is 9.47 Å². The summed E-state index contributed by atoms with van der Waals surface area (Å²) in [6.45, 7) is 3.59. The summed E-state index contributed by atoms with van der Waals surface area (Å²) in [4.78, 5) is 18.5. The van der Waals surface area contributed by atoms with E-state index in [1.165, 1.54) is 5.56 Å². The smallest absolute Gasteiger partial charge is 0.289 e. The maximum atomic E-state index is 12.6. The molecule has 24 heavy (non-hydrogen) atoms. The molecule has 1 aliphatic heterocycles. The molecule has 0 radical (unpaired) electrons. The number of hydrogen-bond donors (Lipinski definition) is 0. The van der Waals surface area contributed by atoms with E-state index >= 15 is 0 Å². The summed E-state index contributed by atoms with van der Waals surface area (Å²) in [6.07, 6.45) is 4.15. The fourth-order valence-corrected chi connectivity index (χ4v) is 2.92. The molecule has 1 atom stereocenters. The van der Waals surface area contributed by atoms with Crippen LogP contribution in [0.5, 0.6) is 5.75 Å². The van der Waals surface area contributed by atoms with Gasteiger partial charge in [-0.15, -0.1) is 0 Å². The lowest BCUT2D eigenvalue weighted by Gasteiger charge is -2.27. The Bertz CT molecular complexity index is 711. The number of hydrogen-bond acceptors (Lipinski definition) is 4. The standard InChI is InChI=1S/C18H23N3O3/c1-14-4-6-15(7-5-14)24-13-18(23-3)8-10-21(12-18)17(22)16-19-9-11-20(16)2/h4-7,9,11H,8,10,12-13H2,1-3H3/t18-/m0/s1. The van der Waals surface area contributed by atoms with Crippen LogP contribution in [-0.4, -0.2) is 52.8 Å². The van der Waals surface area contributed by atoms with Crippen LogP contribution in [-0.2, 0) is 11.8 Å². The third-order valence-corrected chi connectivity index (χ3v) is 4.57. The van der Waals surface area contributed by atoms with Crippen molar-refractivity contribution in [2.45, 2.75) is 18.9 Å². The number of aryl methyl sites for hydroxylation is 2. The van der Waals surface area contributed by atoms with Gasteiger partial charge in [0.2, 0.25) is 0 Å². The molecule has 2 aromatic rings. The van der Waals surface area contributed by atoms with Crippen LogP contribution in [0.1, 0.15) is 22.6 Å². The van der Waals surface area contributed by atoms with Gasteiger partial charge in [-0.25, -0.2) is 4.98 Å². The summed E-state index contributed by atoms with van der Waals surface area (Å²) in [6, 6.07) is 7.93. The number of rotatable bonds is 5. The van der Waals surface area contributed by atoms with E-state index in [1.54, 1.807) is 29.0 Å². The Hall–Kier alpha value is -2.34. The van der Waals surface area contributed by atoms with Crippen LogP contribution in [0.4, 0.5) is 0 Å². The molecule has 1 aromatic carbocycles. The minimum absolute atomic E-state index is 0.0724. The zero-order valence-corrected chi connectivity index (χ0v) is 14.4. The molecule has 1 aromatic heterocycles. The predicted molar refractivity (Wildman–Crippen MR) is 90.1 cm³/mol. The van der Waals surface area contributed by atoms with E-state index in [-0.39, 0.29) is 5.91 Å². The molecule has 1 aliphatic rings. The van der Waals surface area contributed by atoms with Crippen molar-refractivity contribution in [3.8, 4) is 5.75 Å². The molecular weight excluding hydrogens is 306 g/mol. The van der Waals surface area contributed by atoms with Gasteiger partial charge < -0.3 is 18.9 Å². The quantitative estimate of drug-likeness (QED) is 0.842. The van der Waals surface area contributed by atoms with Crippen LogP contribution in [0, 0.1) is 6.92 Å². The lowest BCUT2D eigenvalue weighted by Crippen LogP contribution is -2.42. The molecule has 0 spiro atoms. The van der Waals surface area contributed by atoms with Gasteiger partial charge in [0.05, 0.1) is 6.54 Å². The monoisotopic (exact) mass is 329 g/mol. The molecule has 1 amide bonds. The molecule has 128 valence electrons. The lowest BCUT2D eigenvalue weighted by molar-refractivity contribution is -0.0343. The highest BCUT2D eigenvalue weighted by Crippen LogP contribution is 2.27. The van der Waals surface area contributed by atoms with Crippen molar-refractivity contribution >= 4 is 5.91 Å². The van der Waals surface area contributed by atoms with Crippen LogP contribution < -0.4 is 4.74 Å². The van der Waals surface area contributed by atoms with Crippen LogP contribution in [0.15, 0.2) is 36.7 Å². The highest BCUT2D eigenvalue weighted by molar-refractivity contribution is 5.91. The summed E-state index contributed by atoms with van der Waals surface area (Å²) in [7, 11) is 3.49. The predicted octanol–water partition coefficient (Wildman–Crippen LogP) is 2.04. The summed E-state index contributed by atoms with van der Waals surface area (Å²) in [5.41, 5.74) is 0.711. The van der Waals surface area contributed by atoms with Gasteiger partial charge >= 0.3 is 0 Å². The van der Waals surface area contributed by atoms with Gasteiger partial charge in [0, 0.05) is 33.1 Å². The van der Waals surface area contributed by atoms with Gasteiger partial charge in [-0.2, -0.15) is 0 Å². The van der Waals surface area contributed by atoms with Crippen LogP contribution in [0.25, 0.3) is 0 Å². The number of likely N-dealkylation sites (tertiary alicyclic amines) is 1. The number of methoxy groups -OCH3 is 1. The SMILES string of the molecule is CO[C@@]1(COc2ccc(C)cc2)CCN(C(=O)c2nccn2C)C1. The number of ether oxygens (including phenoxy) is 2. The third-order valence-electron chi connectivity index (χ3n) is 4.57. The Balaban J connectivity index is 1.65. The molecule has 0 unspecified atom stereocenters. The highest BCUT2D eigenvalue weighted by atomic mass is 16.5. The molecule has 0 aliphatic carbocycles. The van der Waals surface area contributed by atoms with E-state index in [0.717, 1.165) is 12.2 Å². The number of nitrogens with zero attached hydrogens (tertiary/aromatic N) is 3. The van der Waals surface area contributed by atoms with Gasteiger partial charge in [-0.05, 0) is 25.5 Å². The van der Waals surface area contributed by atoms with Crippen molar-refractivity contribution in [2.75, 3.05) is 26.8 Å². The molecule has 2 heterocycles. The summed E-state index contributed by atoms with van der Waals surface area (Å²) in [5.74, 6) is 1.18. The van der Waals surface area contributed by atoms with E-state index in [9.17, 15) is 4.79 Å². The topological polar surface area (TPSA) is 56.6 Å². The first kappa shape index (κ1) is 16.5. The minimum atomic E-state index is -0.480. The van der Waals surface area contributed by atoms with E-state index in [2.05, 4.69) is 4.98 Å². The van der Waals surface area contributed by atoms with Crippen molar-refractivity contribution in [2.24, 2.45) is 7.05 Å². The molecule has 1 saturated heterocycles. The molecule has 0 N–H and O–H groups in total. The second kappa shape index (κ2) is 6.65. The first-order chi connectivity index (χ1) is 11.5. The van der Waals surface area contributed by atoms with Gasteiger partial charge in [-0.1, -0.05) is 17.7 Å². The first-order valence-corrected chi connectivity index (χ1v) is 8.04. The maximum absolute atomic E-state index is 12.6. The number of carbonyl (C=O) groups excluding carboxylic acids is 1. The molecule has 3 rings (SSSR count). The number of imidazole rings is 1. The first-order valence-electron chi connectivity index (χ1n) is 8.04. The fourth-order valence-electron chi connectivity index (χ4n) is 2.92. The Morgan fingerprint density at radius 1 is 1.33 bits per heavy atom. The van der Waals surface area contributed by atoms with Crippen molar-refractivity contribution in [1.82, 2.24) is 14.5 Å². The fraction of sp³-hybridized carbons (Fsp3) is 0.444.